The lowest BCUT2D eigenvalue weighted by molar-refractivity contribution is 0.104. The standard InChI is InChI=1S/C15H23N5O/c1-18-6-7-19(2)11(9-18)10-20-14-8-12(21-3)4-5-13(14)17-15(20)16/h4-5,8,11H,6-7,9-10H2,1-3H3,(H2,16,17). The van der Waals surface area contributed by atoms with Gasteiger partial charge in [-0.3, -0.25) is 4.90 Å². The van der Waals surface area contributed by atoms with Gasteiger partial charge in [0, 0.05) is 38.3 Å². The number of piperazine rings is 1. The minimum Gasteiger partial charge on any atom is -0.497 e. The number of hydrogen-bond donors (Lipinski definition) is 1. The highest BCUT2D eigenvalue weighted by Gasteiger charge is 2.24. The first-order valence-corrected chi connectivity index (χ1v) is 7.27. The van der Waals surface area contributed by atoms with Gasteiger partial charge >= 0.3 is 0 Å². The van der Waals surface area contributed by atoms with E-state index in [9.17, 15) is 0 Å². The molecule has 2 aromatic rings. The minimum atomic E-state index is 0.439. The summed E-state index contributed by atoms with van der Waals surface area (Å²) in [7, 11) is 6.01. The maximum Gasteiger partial charge on any atom is 0.201 e. The Morgan fingerprint density at radius 1 is 1.33 bits per heavy atom. The van der Waals surface area contributed by atoms with E-state index in [2.05, 4.69) is 33.4 Å². The molecule has 114 valence electrons. The van der Waals surface area contributed by atoms with Gasteiger partial charge in [0.25, 0.3) is 0 Å². The highest BCUT2D eigenvalue weighted by molar-refractivity contribution is 5.79. The van der Waals surface area contributed by atoms with Crippen LogP contribution in [0.3, 0.4) is 0 Å². The van der Waals surface area contributed by atoms with E-state index in [0.717, 1.165) is 43.0 Å². The van der Waals surface area contributed by atoms with Crippen LogP contribution in [0.1, 0.15) is 0 Å². The third kappa shape index (κ3) is 2.69. The number of nitrogens with two attached hydrogens (primary N) is 1. The van der Waals surface area contributed by atoms with E-state index in [0.29, 0.717) is 12.0 Å². The number of fused-ring (bicyclic) bond motifs is 1. The monoisotopic (exact) mass is 289 g/mol. The van der Waals surface area contributed by atoms with Crippen LogP contribution in [0, 0.1) is 0 Å². The molecule has 6 nitrogen and oxygen atoms in total. The van der Waals surface area contributed by atoms with Crippen LogP contribution in [0.4, 0.5) is 5.95 Å². The summed E-state index contributed by atoms with van der Waals surface area (Å²) in [6.07, 6.45) is 0. The Balaban J connectivity index is 1.93. The van der Waals surface area contributed by atoms with Crippen molar-refractivity contribution in [2.45, 2.75) is 12.6 Å². The van der Waals surface area contributed by atoms with Gasteiger partial charge in [0.2, 0.25) is 5.95 Å². The molecule has 2 heterocycles. The molecule has 1 aliphatic rings. The number of ether oxygens (including phenoxy) is 1. The fraction of sp³-hybridized carbons (Fsp3) is 0.533. The van der Waals surface area contributed by atoms with E-state index in [1.165, 1.54) is 0 Å². The molecule has 0 bridgehead atoms. The van der Waals surface area contributed by atoms with Gasteiger partial charge in [-0.1, -0.05) is 0 Å². The van der Waals surface area contributed by atoms with Crippen molar-refractivity contribution < 1.29 is 4.74 Å². The van der Waals surface area contributed by atoms with Gasteiger partial charge in [-0.25, -0.2) is 4.98 Å². The SMILES string of the molecule is COc1ccc2nc(N)n(CC3CN(C)CCN3C)c2c1. The number of likely N-dealkylation sites (N-methyl/N-ethyl adjacent to an activating group) is 2. The van der Waals surface area contributed by atoms with Crippen molar-refractivity contribution in [3.05, 3.63) is 18.2 Å². The normalized spacial score (nSPS) is 21.0. The van der Waals surface area contributed by atoms with Gasteiger partial charge in [0.15, 0.2) is 0 Å². The van der Waals surface area contributed by atoms with Crippen LogP contribution >= 0.6 is 0 Å². The zero-order valence-corrected chi connectivity index (χ0v) is 12.9. The molecule has 21 heavy (non-hydrogen) atoms. The third-order valence-corrected chi connectivity index (χ3v) is 4.36. The molecule has 1 aromatic carbocycles. The van der Waals surface area contributed by atoms with Gasteiger partial charge in [-0.15, -0.1) is 0 Å². The van der Waals surface area contributed by atoms with Gasteiger partial charge in [-0.05, 0) is 26.2 Å². The van der Waals surface area contributed by atoms with E-state index in [1.807, 2.05) is 18.2 Å². The molecule has 3 rings (SSSR count). The molecule has 0 aliphatic carbocycles. The lowest BCUT2D eigenvalue weighted by Gasteiger charge is -2.38. The van der Waals surface area contributed by atoms with Crippen molar-refractivity contribution in [3.8, 4) is 5.75 Å². The van der Waals surface area contributed by atoms with Crippen molar-refractivity contribution >= 4 is 17.0 Å². The van der Waals surface area contributed by atoms with E-state index in [4.69, 9.17) is 10.5 Å². The fourth-order valence-electron chi connectivity index (χ4n) is 2.95. The second-order valence-corrected chi connectivity index (χ2v) is 5.83. The summed E-state index contributed by atoms with van der Waals surface area (Å²) in [5.74, 6) is 1.40. The summed E-state index contributed by atoms with van der Waals surface area (Å²) in [5, 5.41) is 0. The van der Waals surface area contributed by atoms with Crippen LogP contribution < -0.4 is 10.5 Å². The number of imidazole rings is 1. The summed E-state index contributed by atoms with van der Waals surface area (Å²) >= 11 is 0. The average molecular weight is 289 g/mol. The maximum absolute atomic E-state index is 6.12. The summed E-state index contributed by atoms with van der Waals surface area (Å²) in [6.45, 7) is 4.08. The number of benzene rings is 1. The van der Waals surface area contributed by atoms with E-state index in [-0.39, 0.29) is 0 Å². The van der Waals surface area contributed by atoms with Crippen molar-refractivity contribution in [3.63, 3.8) is 0 Å². The second kappa shape index (κ2) is 5.54. The Morgan fingerprint density at radius 2 is 2.14 bits per heavy atom. The van der Waals surface area contributed by atoms with Crippen LogP contribution in [-0.4, -0.2) is 66.2 Å². The molecule has 1 unspecified atom stereocenters. The number of aromatic nitrogens is 2. The number of anilines is 1. The van der Waals surface area contributed by atoms with E-state index < -0.39 is 0 Å². The Kier molecular flexibility index (Phi) is 3.73. The first-order chi connectivity index (χ1) is 10.1. The van der Waals surface area contributed by atoms with Crippen LogP contribution in [0.25, 0.3) is 11.0 Å². The number of nitrogen functional groups attached to an aromatic ring is 1. The summed E-state index contributed by atoms with van der Waals surface area (Å²) < 4.78 is 7.41. The molecule has 0 radical (unpaired) electrons. The van der Waals surface area contributed by atoms with Crippen molar-refractivity contribution in [2.24, 2.45) is 0 Å². The van der Waals surface area contributed by atoms with Crippen molar-refractivity contribution in [1.29, 1.82) is 0 Å². The zero-order valence-electron chi connectivity index (χ0n) is 12.9. The fourth-order valence-corrected chi connectivity index (χ4v) is 2.95. The maximum atomic E-state index is 6.12. The molecule has 0 spiro atoms. The number of rotatable bonds is 3. The number of hydrogen-bond acceptors (Lipinski definition) is 5. The molecule has 2 N–H and O–H groups in total. The lowest BCUT2D eigenvalue weighted by Crippen LogP contribution is -2.51. The predicted molar refractivity (Wildman–Crippen MR) is 84.6 cm³/mol. The molecular formula is C15H23N5O. The quantitative estimate of drug-likeness (QED) is 0.908. The molecule has 1 atom stereocenters. The van der Waals surface area contributed by atoms with Crippen molar-refractivity contribution in [1.82, 2.24) is 19.4 Å². The Hall–Kier alpha value is -1.79. The highest BCUT2D eigenvalue weighted by Crippen LogP contribution is 2.24. The number of nitrogens with zero attached hydrogens (tertiary/aromatic N) is 4. The number of methoxy groups -OCH3 is 1. The van der Waals surface area contributed by atoms with E-state index in [1.54, 1.807) is 7.11 Å². The minimum absolute atomic E-state index is 0.439. The Morgan fingerprint density at radius 3 is 2.90 bits per heavy atom. The first kappa shape index (κ1) is 14.2. The lowest BCUT2D eigenvalue weighted by atomic mass is 10.2. The summed E-state index contributed by atoms with van der Waals surface area (Å²) in [5.41, 5.74) is 8.07. The summed E-state index contributed by atoms with van der Waals surface area (Å²) in [4.78, 5) is 9.21. The third-order valence-electron chi connectivity index (χ3n) is 4.36. The molecule has 0 saturated carbocycles. The predicted octanol–water partition coefficient (Wildman–Crippen LogP) is 0.873. The van der Waals surface area contributed by atoms with Crippen LogP contribution in [0.15, 0.2) is 18.2 Å². The molecule has 1 aliphatic heterocycles. The smallest absolute Gasteiger partial charge is 0.201 e. The molecule has 0 amide bonds. The van der Waals surface area contributed by atoms with Gasteiger partial charge in [-0.2, -0.15) is 0 Å². The summed E-state index contributed by atoms with van der Waals surface area (Å²) in [6, 6.07) is 6.32. The second-order valence-electron chi connectivity index (χ2n) is 5.83. The highest BCUT2D eigenvalue weighted by atomic mass is 16.5. The zero-order chi connectivity index (χ0) is 15.0. The van der Waals surface area contributed by atoms with Gasteiger partial charge in [0.1, 0.15) is 5.75 Å². The molecule has 1 fully saturated rings. The first-order valence-electron chi connectivity index (χ1n) is 7.27. The molecular weight excluding hydrogens is 266 g/mol. The van der Waals surface area contributed by atoms with E-state index >= 15 is 0 Å². The molecule has 1 saturated heterocycles. The Bertz CT molecular complexity index is 638. The van der Waals surface area contributed by atoms with Crippen LogP contribution in [0.2, 0.25) is 0 Å². The van der Waals surface area contributed by atoms with Gasteiger partial charge < -0.3 is 19.9 Å². The molecule has 6 heteroatoms. The van der Waals surface area contributed by atoms with Crippen molar-refractivity contribution in [2.75, 3.05) is 46.6 Å². The molecule has 1 aromatic heterocycles. The van der Waals surface area contributed by atoms with Gasteiger partial charge in [0.05, 0.1) is 18.1 Å². The topological polar surface area (TPSA) is 59.6 Å². The largest absolute Gasteiger partial charge is 0.497 e. The average Bonchev–Trinajstić information content (AvgIpc) is 2.78. The van der Waals surface area contributed by atoms with Crippen LogP contribution in [-0.2, 0) is 6.54 Å². The van der Waals surface area contributed by atoms with Crippen LogP contribution in [0.5, 0.6) is 5.75 Å². The Labute approximate surface area is 125 Å².